The molecule has 2 aromatic rings. The fraction of sp³-hybridized carbons (Fsp3) is 0.125. The molecule has 0 atom stereocenters. The van der Waals surface area contributed by atoms with Gasteiger partial charge in [-0.25, -0.2) is 5.43 Å². The minimum absolute atomic E-state index is 0.00410. The highest BCUT2D eigenvalue weighted by molar-refractivity contribution is 5.97. The van der Waals surface area contributed by atoms with Crippen LogP contribution in [0.15, 0.2) is 47.6 Å². The second-order valence-corrected chi connectivity index (χ2v) is 4.75. The van der Waals surface area contributed by atoms with Gasteiger partial charge >= 0.3 is 0 Å². The molecule has 7 nitrogen and oxygen atoms in total. The fourth-order valence-corrected chi connectivity index (χ4v) is 1.89. The van der Waals surface area contributed by atoms with Crippen LogP contribution in [0, 0.1) is 17.0 Å². The van der Waals surface area contributed by atoms with Gasteiger partial charge in [0.05, 0.1) is 23.8 Å². The zero-order chi connectivity index (χ0) is 16.8. The first-order chi connectivity index (χ1) is 11.0. The first-order valence-electron chi connectivity index (χ1n) is 6.74. The molecule has 0 bridgehead atoms. The number of benzene rings is 2. The molecule has 1 amide bonds. The van der Waals surface area contributed by atoms with Crippen molar-refractivity contribution in [1.29, 1.82) is 0 Å². The molecule has 0 spiro atoms. The minimum Gasteiger partial charge on any atom is -0.496 e. The van der Waals surface area contributed by atoms with Gasteiger partial charge < -0.3 is 4.74 Å². The van der Waals surface area contributed by atoms with Crippen molar-refractivity contribution in [1.82, 2.24) is 5.43 Å². The highest BCUT2D eigenvalue weighted by Gasteiger charge is 2.11. The van der Waals surface area contributed by atoms with E-state index in [4.69, 9.17) is 4.74 Å². The second-order valence-electron chi connectivity index (χ2n) is 4.75. The van der Waals surface area contributed by atoms with Crippen LogP contribution < -0.4 is 10.2 Å². The Hall–Kier alpha value is -3.22. The third kappa shape index (κ3) is 4.13. The largest absolute Gasteiger partial charge is 0.496 e. The average Bonchev–Trinajstić information content (AvgIpc) is 2.55. The lowest BCUT2D eigenvalue weighted by Gasteiger charge is -2.07. The van der Waals surface area contributed by atoms with Crippen LogP contribution in [-0.2, 0) is 0 Å². The molecule has 0 aliphatic heterocycles. The van der Waals surface area contributed by atoms with Crippen molar-refractivity contribution in [2.75, 3.05) is 7.11 Å². The average molecular weight is 313 g/mol. The maximum Gasteiger partial charge on any atom is 0.275 e. The molecule has 0 aromatic heterocycles. The molecule has 0 heterocycles. The van der Waals surface area contributed by atoms with Crippen LogP contribution in [0.5, 0.6) is 5.75 Å². The topological polar surface area (TPSA) is 93.8 Å². The van der Waals surface area contributed by atoms with Crippen LogP contribution in [0.2, 0.25) is 0 Å². The van der Waals surface area contributed by atoms with Gasteiger partial charge in [0.1, 0.15) is 5.75 Å². The summed E-state index contributed by atoms with van der Waals surface area (Å²) in [6, 6.07) is 11.0. The molecule has 0 radical (unpaired) electrons. The normalized spacial score (nSPS) is 10.5. The molecular formula is C16H15N3O4. The number of hydrogen-bond donors (Lipinski definition) is 1. The number of methoxy groups -OCH3 is 1. The number of nitro groups is 1. The summed E-state index contributed by atoms with van der Waals surface area (Å²) < 4.78 is 5.17. The number of nitro benzene ring substituents is 1. The smallest absolute Gasteiger partial charge is 0.275 e. The minimum atomic E-state index is -0.480. The summed E-state index contributed by atoms with van der Waals surface area (Å²) in [5, 5.41) is 14.4. The summed E-state index contributed by atoms with van der Waals surface area (Å²) in [5.41, 5.74) is 4.38. The first kappa shape index (κ1) is 16.2. The maximum atomic E-state index is 12.1. The van der Waals surface area contributed by atoms with Crippen molar-refractivity contribution >= 4 is 17.8 Å². The van der Waals surface area contributed by atoms with E-state index < -0.39 is 10.8 Å². The molecule has 0 aliphatic rings. The Bertz CT molecular complexity index is 754. The predicted molar refractivity (Wildman–Crippen MR) is 85.9 cm³/mol. The van der Waals surface area contributed by atoms with Gasteiger partial charge in [0.25, 0.3) is 11.6 Å². The summed E-state index contributed by atoms with van der Waals surface area (Å²) in [6.07, 6.45) is 1.41. The standard InChI is InChI=1S/C16H15N3O4/c1-11-3-8-14(15(9-11)23-2)16(20)18-17-10-12-4-6-13(7-5-12)19(21)22/h3-10H,1-2H3,(H,18,20)/b17-10-. The Morgan fingerprint density at radius 3 is 2.57 bits per heavy atom. The Morgan fingerprint density at radius 1 is 1.26 bits per heavy atom. The number of amides is 1. The van der Waals surface area contributed by atoms with Gasteiger partial charge in [0, 0.05) is 12.1 Å². The molecule has 0 unspecified atom stereocenters. The lowest BCUT2D eigenvalue weighted by Crippen LogP contribution is -2.18. The van der Waals surface area contributed by atoms with E-state index in [-0.39, 0.29) is 5.69 Å². The number of non-ortho nitro benzene ring substituents is 1. The predicted octanol–water partition coefficient (Wildman–Crippen LogP) is 2.68. The summed E-state index contributed by atoms with van der Waals surface area (Å²) in [6.45, 7) is 1.90. The van der Waals surface area contributed by atoms with Crippen molar-refractivity contribution in [2.45, 2.75) is 6.92 Å². The lowest BCUT2D eigenvalue weighted by atomic mass is 10.1. The van der Waals surface area contributed by atoms with Crippen molar-refractivity contribution in [3.8, 4) is 5.75 Å². The van der Waals surface area contributed by atoms with E-state index in [1.807, 2.05) is 6.92 Å². The van der Waals surface area contributed by atoms with Gasteiger partial charge in [-0.2, -0.15) is 5.10 Å². The van der Waals surface area contributed by atoms with Crippen LogP contribution in [0.1, 0.15) is 21.5 Å². The van der Waals surface area contributed by atoms with Gasteiger partial charge in [-0.15, -0.1) is 0 Å². The van der Waals surface area contributed by atoms with Crippen molar-refractivity contribution in [3.63, 3.8) is 0 Å². The summed E-state index contributed by atoms with van der Waals surface area (Å²) in [5.74, 6) is 0.0630. The Labute approximate surface area is 132 Å². The number of aryl methyl sites for hydroxylation is 1. The van der Waals surface area contributed by atoms with Crippen molar-refractivity contribution in [2.24, 2.45) is 5.10 Å². The van der Waals surface area contributed by atoms with Crippen molar-refractivity contribution < 1.29 is 14.5 Å². The van der Waals surface area contributed by atoms with E-state index in [0.717, 1.165) is 5.56 Å². The van der Waals surface area contributed by atoms with Gasteiger partial charge in [0.15, 0.2) is 0 Å². The summed E-state index contributed by atoms with van der Waals surface area (Å²) in [7, 11) is 1.49. The Balaban J connectivity index is 2.05. The Morgan fingerprint density at radius 2 is 1.96 bits per heavy atom. The number of carbonyl (C=O) groups is 1. The summed E-state index contributed by atoms with van der Waals surface area (Å²) >= 11 is 0. The quantitative estimate of drug-likeness (QED) is 0.521. The fourth-order valence-electron chi connectivity index (χ4n) is 1.89. The third-order valence-corrected chi connectivity index (χ3v) is 3.09. The molecule has 118 valence electrons. The van der Waals surface area contributed by atoms with E-state index >= 15 is 0 Å². The number of ether oxygens (including phenoxy) is 1. The molecule has 0 saturated carbocycles. The molecule has 1 N–H and O–H groups in total. The second kappa shape index (κ2) is 7.17. The number of hydrogen-bond acceptors (Lipinski definition) is 5. The first-order valence-corrected chi connectivity index (χ1v) is 6.74. The van der Waals surface area contributed by atoms with Crippen molar-refractivity contribution in [3.05, 3.63) is 69.3 Å². The summed E-state index contributed by atoms with van der Waals surface area (Å²) in [4.78, 5) is 22.2. The van der Waals surface area contributed by atoms with Crippen LogP contribution in [-0.4, -0.2) is 24.2 Å². The monoisotopic (exact) mass is 313 g/mol. The number of hydrazone groups is 1. The molecule has 7 heteroatoms. The molecule has 2 aromatic carbocycles. The van der Waals surface area contributed by atoms with Crippen LogP contribution >= 0.6 is 0 Å². The highest BCUT2D eigenvalue weighted by atomic mass is 16.6. The van der Waals surface area contributed by atoms with E-state index in [1.165, 1.54) is 25.5 Å². The van der Waals surface area contributed by atoms with E-state index in [1.54, 1.807) is 30.3 Å². The number of carbonyl (C=O) groups excluding carboxylic acids is 1. The molecular weight excluding hydrogens is 298 g/mol. The molecule has 0 fully saturated rings. The van der Waals surface area contributed by atoms with Crippen LogP contribution in [0.25, 0.3) is 0 Å². The van der Waals surface area contributed by atoms with Crippen LogP contribution in [0.3, 0.4) is 0 Å². The zero-order valence-electron chi connectivity index (χ0n) is 12.6. The van der Waals surface area contributed by atoms with Gasteiger partial charge in [-0.1, -0.05) is 6.07 Å². The van der Waals surface area contributed by atoms with E-state index in [0.29, 0.717) is 16.9 Å². The molecule has 0 saturated heterocycles. The van der Waals surface area contributed by atoms with Crippen LogP contribution in [0.4, 0.5) is 5.69 Å². The Kier molecular flexibility index (Phi) is 5.03. The number of rotatable bonds is 5. The van der Waals surface area contributed by atoms with Gasteiger partial charge in [-0.3, -0.25) is 14.9 Å². The van der Waals surface area contributed by atoms with E-state index in [2.05, 4.69) is 10.5 Å². The highest BCUT2D eigenvalue weighted by Crippen LogP contribution is 2.19. The molecule has 0 aliphatic carbocycles. The lowest BCUT2D eigenvalue weighted by molar-refractivity contribution is -0.384. The maximum absolute atomic E-state index is 12.1. The zero-order valence-corrected chi connectivity index (χ0v) is 12.6. The number of nitrogens with zero attached hydrogens (tertiary/aromatic N) is 2. The molecule has 23 heavy (non-hydrogen) atoms. The van der Waals surface area contributed by atoms with Gasteiger partial charge in [-0.05, 0) is 42.3 Å². The third-order valence-electron chi connectivity index (χ3n) is 3.09. The molecule has 2 rings (SSSR count). The van der Waals surface area contributed by atoms with Gasteiger partial charge in [0.2, 0.25) is 0 Å². The van der Waals surface area contributed by atoms with E-state index in [9.17, 15) is 14.9 Å². The SMILES string of the molecule is COc1cc(C)ccc1C(=O)N/N=C\c1ccc([N+](=O)[O-])cc1. The number of nitrogens with one attached hydrogen (secondary N) is 1.